The Balaban J connectivity index is 5.19. The molecule has 232 valence electrons. The zero-order valence-corrected chi connectivity index (χ0v) is 23.3. The lowest BCUT2D eigenvalue weighted by molar-refractivity contribution is -0.140. The molecule has 1 unspecified atom stereocenters. The van der Waals surface area contributed by atoms with E-state index in [1.807, 2.05) is 4.90 Å². The molecule has 0 aliphatic carbocycles. The lowest BCUT2D eigenvalue weighted by Crippen LogP contribution is -2.52. The maximum Gasteiger partial charge on any atom is 0.305 e. The second-order valence-corrected chi connectivity index (χ2v) is 9.23. The quantitative estimate of drug-likeness (QED) is 0.0360. The molecule has 0 aliphatic heterocycles. The number of carbonyl (C=O) groups excluding carboxylic acids is 5. The number of hydrogen-bond donors (Lipinski definition) is 8. The molecule has 0 spiro atoms. The fourth-order valence-electron chi connectivity index (χ4n) is 3.26. The van der Waals surface area contributed by atoms with Crippen molar-refractivity contribution < 1.29 is 43.8 Å². The second-order valence-electron chi connectivity index (χ2n) is 9.23. The summed E-state index contributed by atoms with van der Waals surface area (Å²) in [5.41, 5.74) is 15.6. The van der Waals surface area contributed by atoms with Crippen molar-refractivity contribution in [1.82, 2.24) is 25.8 Å². The zero-order valence-electron chi connectivity index (χ0n) is 23.3. The topological polar surface area (TPSA) is 293 Å². The summed E-state index contributed by atoms with van der Waals surface area (Å²) in [6.07, 6.45) is -1.22. The van der Waals surface area contributed by atoms with Gasteiger partial charge in [0.05, 0.1) is 19.4 Å². The number of amides is 5. The Morgan fingerprint density at radius 1 is 0.805 bits per heavy atom. The van der Waals surface area contributed by atoms with E-state index in [2.05, 4.69) is 20.9 Å². The van der Waals surface area contributed by atoms with Gasteiger partial charge in [0.25, 0.3) is 0 Å². The van der Waals surface area contributed by atoms with Gasteiger partial charge >= 0.3 is 11.9 Å². The lowest BCUT2D eigenvalue weighted by Gasteiger charge is -2.24. The fraction of sp³-hybridized carbons (Fsp3) is 0.652. The molecule has 41 heavy (non-hydrogen) atoms. The van der Waals surface area contributed by atoms with Gasteiger partial charge in [-0.3, -0.25) is 38.6 Å². The van der Waals surface area contributed by atoms with Crippen LogP contribution in [0.1, 0.15) is 38.5 Å². The van der Waals surface area contributed by atoms with Crippen molar-refractivity contribution in [2.24, 2.45) is 22.2 Å². The van der Waals surface area contributed by atoms with Crippen molar-refractivity contribution in [3.05, 3.63) is 0 Å². The molecular weight excluding hydrogens is 546 g/mol. The van der Waals surface area contributed by atoms with Gasteiger partial charge in [0, 0.05) is 39.0 Å². The third kappa shape index (κ3) is 18.4. The Bertz CT molecular complexity index is 968. The highest BCUT2D eigenvalue weighted by molar-refractivity contribution is 5.93. The van der Waals surface area contributed by atoms with E-state index in [-0.39, 0.29) is 57.7 Å². The van der Waals surface area contributed by atoms with Crippen molar-refractivity contribution in [1.29, 1.82) is 0 Å². The highest BCUT2D eigenvalue weighted by Crippen LogP contribution is 2.04. The number of guanidine groups is 1. The normalized spacial score (nSPS) is 12.0. The summed E-state index contributed by atoms with van der Waals surface area (Å²) in [7, 11) is 3.59. The van der Waals surface area contributed by atoms with E-state index < -0.39 is 66.5 Å². The smallest absolute Gasteiger partial charge is 0.305 e. The number of carbonyl (C=O) groups is 7. The maximum absolute atomic E-state index is 12.7. The average molecular weight is 588 g/mol. The summed E-state index contributed by atoms with van der Waals surface area (Å²) in [6.45, 7) is 0.220. The van der Waals surface area contributed by atoms with Gasteiger partial charge in [0.15, 0.2) is 5.96 Å². The minimum atomic E-state index is -1.49. The Morgan fingerprint density at radius 3 is 1.98 bits per heavy atom. The van der Waals surface area contributed by atoms with E-state index in [1.165, 1.54) is 4.90 Å². The minimum Gasteiger partial charge on any atom is -0.481 e. The molecule has 0 aromatic rings. The van der Waals surface area contributed by atoms with Crippen molar-refractivity contribution in [3.8, 4) is 0 Å². The molecular formula is C23H41N9O9. The summed E-state index contributed by atoms with van der Waals surface area (Å²) in [5.74, 6) is -6.42. The molecule has 0 rings (SSSR count). The standard InChI is InChI=1S/C23H41N9O9/c1-31(2)10-11-32(9-7-19(36)37)18(35)6-5-16(33)29-14(4-3-8-27-23(25)26)22(41)28-13-17(34)30-15(21(24)40)12-20(38)39/h14-15H,3-13H2,1-2H3,(H2,24,40)(H,28,41)(H,29,33)(H,30,34)(H,36,37)(H,38,39)(H4,25,26,27)/t14?,15-/m0/s1. The SMILES string of the molecule is CN(C)CCN(CCC(=O)O)C(=O)CCC(=O)NC(CCCN=C(N)N)C(=O)NCC(=O)N[C@@H](CC(=O)O)C(N)=O. The summed E-state index contributed by atoms with van der Waals surface area (Å²) < 4.78 is 0. The number of carboxylic acids is 2. The zero-order chi connectivity index (χ0) is 31.5. The summed E-state index contributed by atoms with van der Waals surface area (Å²) in [5, 5.41) is 24.6. The second kappa shape index (κ2) is 19.6. The Labute approximate surface area is 237 Å². The Morgan fingerprint density at radius 2 is 1.44 bits per heavy atom. The van der Waals surface area contributed by atoms with Crippen molar-refractivity contribution >= 4 is 47.4 Å². The summed E-state index contributed by atoms with van der Waals surface area (Å²) in [4.78, 5) is 90.2. The number of rotatable bonds is 21. The van der Waals surface area contributed by atoms with Crippen LogP contribution < -0.4 is 33.2 Å². The predicted octanol–water partition coefficient (Wildman–Crippen LogP) is -4.27. The number of carboxylic acid groups (broad SMARTS) is 2. The first-order valence-electron chi connectivity index (χ1n) is 12.7. The van der Waals surface area contributed by atoms with Crippen LogP contribution in [0.15, 0.2) is 4.99 Å². The van der Waals surface area contributed by atoms with Crippen LogP contribution in [0.3, 0.4) is 0 Å². The molecule has 0 saturated carbocycles. The lowest BCUT2D eigenvalue weighted by atomic mass is 10.1. The number of nitrogens with one attached hydrogen (secondary N) is 3. The van der Waals surface area contributed by atoms with Gasteiger partial charge in [-0.25, -0.2) is 0 Å². The highest BCUT2D eigenvalue weighted by atomic mass is 16.4. The third-order valence-electron chi connectivity index (χ3n) is 5.41. The molecule has 18 heteroatoms. The summed E-state index contributed by atoms with van der Waals surface area (Å²) >= 11 is 0. The van der Waals surface area contributed by atoms with Crippen LogP contribution in [0.25, 0.3) is 0 Å². The number of hydrogen-bond acceptors (Lipinski definition) is 9. The van der Waals surface area contributed by atoms with E-state index in [9.17, 15) is 33.6 Å². The van der Waals surface area contributed by atoms with Crippen LogP contribution in [0.5, 0.6) is 0 Å². The number of aliphatic imine (C=N–C) groups is 1. The van der Waals surface area contributed by atoms with Gasteiger partial charge in [-0.1, -0.05) is 0 Å². The number of primary amides is 1. The van der Waals surface area contributed by atoms with E-state index in [1.54, 1.807) is 14.1 Å². The van der Waals surface area contributed by atoms with Crippen molar-refractivity contribution in [2.45, 2.75) is 50.6 Å². The number of aliphatic carboxylic acids is 2. The molecule has 0 radical (unpaired) electrons. The molecule has 0 saturated heterocycles. The molecule has 18 nitrogen and oxygen atoms in total. The van der Waals surface area contributed by atoms with Gasteiger partial charge in [-0.05, 0) is 26.9 Å². The largest absolute Gasteiger partial charge is 0.481 e. The molecule has 0 fully saturated rings. The van der Waals surface area contributed by atoms with Crippen LogP contribution in [-0.4, -0.2) is 126 Å². The van der Waals surface area contributed by atoms with Gasteiger partial charge in [0.1, 0.15) is 12.1 Å². The van der Waals surface area contributed by atoms with Crippen LogP contribution in [-0.2, 0) is 33.6 Å². The molecule has 11 N–H and O–H groups in total. The molecule has 0 aromatic heterocycles. The van der Waals surface area contributed by atoms with Crippen LogP contribution in [0, 0.1) is 0 Å². The third-order valence-corrected chi connectivity index (χ3v) is 5.41. The predicted molar refractivity (Wildman–Crippen MR) is 145 cm³/mol. The monoisotopic (exact) mass is 587 g/mol. The Kier molecular flexibility index (Phi) is 17.4. The molecule has 0 aliphatic rings. The van der Waals surface area contributed by atoms with Crippen LogP contribution >= 0.6 is 0 Å². The molecule has 5 amide bonds. The first-order valence-corrected chi connectivity index (χ1v) is 12.7. The van der Waals surface area contributed by atoms with Gasteiger partial charge < -0.3 is 53.2 Å². The first kappa shape index (κ1) is 36.5. The Hall–Kier alpha value is -4.48. The van der Waals surface area contributed by atoms with E-state index in [4.69, 9.17) is 27.4 Å². The molecule has 2 atom stereocenters. The molecule has 0 aromatic carbocycles. The van der Waals surface area contributed by atoms with E-state index in [0.717, 1.165) is 0 Å². The van der Waals surface area contributed by atoms with Crippen LogP contribution in [0.2, 0.25) is 0 Å². The number of likely N-dealkylation sites (N-methyl/N-ethyl adjacent to an activating group) is 1. The van der Waals surface area contributed by atoms with E-state index >= 15 is 0 Å². The van der Waals surface area contributed by atoms with Gasteiger partial charge in [-0.15, -0.1) is 0 Å². The van der Waals surface area contributed by atoms with Gasteiger partial charge in [-0.2, -0.15) is 0 Å². The molecule has 0 bridgehead atoms. The first-order chi connectivity index (χ1) is 19.1. The highest BCUT2D eigenvalue weighted by Gasteiger charge is 2.24. The van der Waals surface area contributed by atoms with Gasteiger partial charge in [0.2, 0.25) is 29.5 Å². The minimum absolute atomic E-state index is 0.0232. The fourth-order valence-corrected chi connectivity index (χ4v) is 3.26. The van der Waals surface area contributed by atoms with Crippen molar-refractivity contribution in [2.75, 3.05) is 46.8 Å². The summed E-state index contributed by atoms with van der Waals surface area (Å²) in [6, 6.07) is -2.64. The van der Waals surface area contributed by atoms with Crippen molar-refractivity contribution in [3.63, 3.8) is 0 Å². The molecule has 0 heterocycles. The maximum atomic E-state index is 12.7. The number of nitrogens with zero attached hydrogens (tertiary/aromatic N) is 3. The number of nitrogens with two attached hydrogens (primary N) is 3. The average Bonchev–Trinajstić information content (AvgIpc) is 2.86. The van der Waals surface area contributed by atoms with Crippen LogP contribution in [0.4, 0.5) is 0 Å². The van der Waals surface area contributed by atoms with E-state index in [0.29, 0.717) is 6.54 Å².